The third kappa shape index (κ3) is 4.06. The second kappa shape index (κ2) is 7.25. The van der Waals surface area contributed by atoms with Gasteiger partial charge in [0.25, 0.3) is 0 Å². The fraction of sp³-hybridized carbons (Fsp3) is 0.125. The van der Waals surface area contributed by atoms with Crippen LogP contribution in [0.15, 0.2) is 48.5 Å². The van der Waals surface area contributed by atoms with E-state index in [0.717, 1.165) is 0 Å². The minimum atomic E-state index is -0.241. The molecule has 108 valence electrons. The summed E-state index contributed by atoms with van der Waals surface area (Å²) in [5, 5.41) is 3.12. The Balaban J connectivity index is 2.35. The molecule has 0 radical (unpaired) electrons. The van der Waals surface area contributed by atoms with Crippen LogP contribution in [-0.4, -0.2) is 17.6 Å². The van der Waals surface area contributed by atoms with Crippen LogP contribution >= 0.6 is 23.2 Å². The Morgan fingerprint density at radius 1 is 1.05 bits per heavy atom. The Kier molecular flexibility index (Phi) is 5.37. The Bertz CT molecular complexity index is 657. The summed E-state index contributed by atoms with van der Waals surface area (Å²) in [5.74, 6) is -0.213. The van der Waals surface area contributed by atoms with Gasteiger partial charge in [-0.3, -0.25) is 9.59 Å². The smallest absolute Gasteiger partial charge is 0.225 e. The highest BCUT2D eigenvalue weighted by molar-refractivity contribution is 6.31. The lowest BCUT2D eigenvalue weighted by Crippen LogP contribution is -2.15. The molecule has 0 aliphatic carbocycles. The molecule has 0 aromatic heterocycles. The van der Waals surface area contributed by atoms with Crippen LogP contribution in [0.3, 0.4) is 0 Å². The molecule has 0 saturated heterocycles. The molecule has 0 aliphatic heterocycles. The van der Waals surface area contributed by atoms with Crippen molar-refractivity contribution in [1.29, 1.82) is 0 Å². The zero-order valence-corrected chi connectivity index (χ0v) is 12.6. The van der Waals surface area contributed by atoms with Gasteiger partial charge >= 0.3 is 0 Å². The van der Waals surface area contributed by atoms with E-state index in [-0.39, 0.29) is 24.0 Å². The van der Waals surface area contributed by atoms with Gasteiger partial charge in [-0.05, 0) is 18.2 Å². The number of anilines is 1. The van der Waals surface area contributed by atoms with Crippen LogP contribution in [0.1, 0.15) is 22.3 Å². The molecule has 2 rings (SSSR count). The molecule has 1 amide bonds. The minimum absolute atomic E-state index is 0.184. The molecule has 0 aliphatic rings. The molecule has 3 nitrogen and oxygen atoms in total. The van der Waals surface area contributed by atoms with E-state index in [0.29, 0.717) is 21.8 Å². The summed E-state index contributed by atoms with van der Waals surface area (Å²) in [6, 6.07) is 13.6. The SMILES string of the molecule is O=C(CCCl)Nc1ccc(Cl)cc1C(=O)c1ccccc1. The van der Waals surface area contributed by atoms with E-state index in [4.69, 9.17) is 23.2 Å². The zero-order valence-electron chi connectivity index (χ0n) is 11.1. The molecule has 0 bridgehead atoms. The van der Waals surface area contributed by atoms with Gasteiger partial charge in [0, 0.05) is 28.5 Å². The Morgan fingerprint density at radius 2 is 1.76 bits per heavy atom. The third-order valence-corrected chi connectivity index (χ3v) is 3.28. The van der Waals surface area contributed by atoms with Crippen molar-refractivity contribution in [3.05, 3.63) is 64.7 Å². The van der Waals surface area contributed by atoms with Gasteiger partial charge < -0.3 is 5.32 Å². The summed E-state index contributed by atoms with van der Waals surface area (Å²) in [7, 11) is 0. The standard InChI is InChI=1S/C16H13Cl2NO2/c17-9-8-15(20)19-14-7-6-12(18)10-13(14)16(21)11-4-2-1-3-5-11/h1-7,10H,8-9H2,(H,19,20). The van der Waals surface area contributed by atoms with E-state index >= 15 is 0 Å². The van der Waals surface area contributed by atoms with Gasteiger partial charge in [0.2, 0.25) is 5.91 Å². The summed E-state index contributed by atoms with van der Waals surface area (Å²) in [6.45, 7) is 0. The maximum atomic E-state index is 12.5. The fourth-order valence-electron chi connectivity index (χ4n) is 1.86. The zero-order chi connectivity index (χ0) is 15.2. The van der Waals surface area contributed by atoms with Crippen LogP contribution in [0.4, 0.5) is 5.69 Å². The van der Waals surface area contributed by atoms with Gasteiger partial charge in [0.05, 0.1) is 5.69 Å². The number of nitrogens with one attached hydrogen (secondary N) is 1. The molecule has 0 spiro atoms. The molecule has 2 aromatic carbocycles. The molecule has 5 heteroatoms. The largest absolute Gasteiger partial charge is 0.325 e. The molecule has 0 heterocycles. The number of carbonyl (C=O) groups is 2. The highest BCUT2D eigenvalue weighted by Crippen LogP contribution is 2.24. The summed E-state index contributed by atoms with van der Waals surface area (Å²) < 4.78 is 0. The number of hydrogen-bond donors (Lipinski definition) is 1. The van der Waals surface area contributed by atoms with Crippen LogP contribution in [0.25, 0.3) is 0 Å². The van der Waals surface area contributed by atoms with Crippen molar-refractivity contribution in [1.82, 2.24) is 0 Å². The number of hydrogen-bond acceptors (Lipinski definition) is 2. The molecule has 2 aromatic rings. The molecule has 0 unspecified atom stereocenters. The van der Waals surface area contributed by atoms with Gasteiger partial charge in [-0.2, -0.15) is 0 Å². The van der Waals surface area contributed by atoms with E-state index in [1.165, 1.54) is 0 Å². The first-order valence-corrected chi connectivity index (χ1v) is 7.28. The van der Waals surface area contributed by atoms with E-state index in [1.54, 1.807) is 42.5 Å². The van der Waals surface area contributed by atoms with Crippen molar-refractivity contribution in [2.45, 2.75) is 6.42 Å². The monoisotopic (exact) mass is 321 g/mol. The molecular weight excluding hydrogens is 309 g/mol. The first-order chi connectivity index (χ1) is 10.1. The van der Waals surface area contributed by atoms with Crippen molar-refractivity contribution < 1.29 is 9.59 Å². The van der Waals surface area contributed by atoms with Crippen molar-refractivity contribution in [3.8, 4) is 0 Å². The number of rotatable bonds is 5. The van der Waals surface area contributed by atoms with Crippen molar-refractivity contribution in [2.24, 2.45) is 0 Å². The van der Waals surface area contributed by atoms with E-state index in [1.807, 2.05) is 6.07 Å². The molecular formula is C16H13Cl2NO2. The first kappa shape index (κ1) is 15.5. The van der Waals surface area contributed by atoms with Crippen molar-refractivity contribution in [3.63, 3.8) is 0 Å². The maximum absolute atomic E-state index is 12.5. The van der Waals surface area contributed by atoms with Crippen LogP contribution in [-0.2, 0) is 4.79 Å². The van der Waals surface area contributed by atoms with Gasteiger partial charge in [0.15, 0.2) is 5.78 Å². The van der Waals surface area contributed by atoms with E-state index < -0.39 is 0 Å². The summed E-state index contributed by atoms with van der Waals surface area (Å²) in [6.07, 6.45) is 0.184. The highest BCUT2D eigenvalue weighted by atomic mass is 35.5. The van der Waals surface area contributed by atoms with E-state index in [9.17, 15) is 9.59 Å². The number of benzene rings is 2. The van der Waals surface area contributed by atoms with Crippen LogP contribution in [0.2, 0.25) is 5.02 Å². The number of carbonyl (C=O) groups excluding carboxylic acids is 2. The quantitative estimate of drug-likeness (QED) is 0.664. The fourth-order valence-corrected chi connectivity index (χ4v) is 2.20. The van der Waals surface area contributed by atoms with Gasteiger partial charge in [-0.1, -0.05) is 41.9 Å². The Labute approximate surface area is 132 Å². The predicted octanol–water partition coefficient (Wildman–Crippen LogP) is 4.14. The number of amides is 1. The van der Waals surface area contributed by atoms with Gasteiger partial charge in [-0.15, -0.1) is 11.6 Å². The topological polar surface area (TPSA) is 46.2 Å². The van der Waals surface area contributed by atoms with Crippen molar-refractivity contribution in [2.75, 3.05) is 11.2 Å². The van der Waals surface area contributed by atoms with Crippen LogP contribution < -0.4 is 5.32 Å². The Hall–Kier alpha value is -1.84. The molecule has 21 heavy (non-hydrogen) atoms. The average molecular weight is 322 g/mol. The highest BCUT2D eigenvalue weighted by Gasteiger charge is 2.15. The number of alkyl halides is 1. The summed E-state index contributed by atoms with van der Waals surface area (Å²) >= 11 is 11.5. The molecule has 0 fully saturated rings. The normalized spacial score (nSPS) is 10.2. The third-order valence-electron chi connectivity index (χ3n) is 2.86. The van der Waals surface area contributed by atoms with Crippen molar-refractivity contribution >= 4 is 40.6 Å². The van der Waals surface area contributed by atoms with Crippen LogP contribution in [0.5, 0.6) is 0 Å². The summed E-state index contributed by atoms with van der Waals surface area (Å²) in [4.78, 5) is 24.2. The first-order valence-electron chi connectivity index (χ1n) is 6.37. The van der Waals surface area contributed by atoms with Gasteiger partial charge in [-0.25, -0.2) is 0 Å². The number of halogens is 2. The second-order valence-corrected chi connectivity index (χ2v) is 5.19. The lowest BCUT2D eigenvalue weighted by atomic mass is 10.0. The minimum Gasteiger partial charge on any atom is -0.325 e. The maximum Gasteiger partial charge on any atom is 0.225 e. The Morgan fingerprint density at radius 3 is 2.43 bits per heavy atom. The molecule has 0 saturated carbocycles. The number of ketones is 1. The molecule has 0 atom stereocenters. The average Bonchev–Trinajstić information content (AvgIpc) is 2.49. The predicted molar refractivity (Wildman–Crippen MR) is 85.3 cm³/mol. The lowest BCUT2D eigenvalue weighted by molar-refractivity contribution is -0.115. The second-order valence-electron chi connectivity index (χ2n) is 4.37. The lowest BCUT2D eigenvalue weighted by Gasteiger charge is -2.10. The van der Waals surface area contributed by atoms with Crippen LogP contribution in [0, 0.1) is 0 Å². The molecule has 1 N–H and O–H groups in total. The van der Waals surface area contributed by atoms with Gasteiger partial charge in [0.1, 0.15) is 0 Å². The summed E-state index contributed by atoms with van der Waals surface area (Å²) in [5.41, 5.74) is 1.33. The van der Waals surface area contributed by atoms with E-state index in [2.05, 4.69) is 5.32 Å².